The lowest BCUT2D eigenvalue weighted by Gasteiger charge is -2.10. The van der Waals surface area contributed by atoms with E-state index < -0.39 is 12.5 Å². The molecule has 0 unspecified atom stereocenters. The van der Waals surface area contributed by atoms with E-state index in [0.717, 1.165) is 12.6 Å². The van der Waals surface area contributed by atoms with Crippen LogP contribution in [0.2, 0.25) is 0 Å². The summed E-state index contributed by atoms with van der Waals surface area (Å²) in [5.74, 6) is -2.72. The summed E-state index contributed by atoms with van der Waals surface area (Å²) in [5, 5.41) is 7.24. The fraction of sp³-hybridized carbons (Fsp3) is 0.500. The maximum absolute atomic E-state index is 12.3. The van der Waals surface area contributed by atoms with Gasteiger partial charge in [0.2, 0.25) is 5.88 Å². The van der Waals surface area contributed by atoms with E-state index in [9.17, 15) is 8.78 Å². The van der Waals surface area contributed by atoms with E-state index in [1.807, 2.05) is 0 Å². The number of aromatic nitrogens is 2. The molecule has 13 heavy (non-hydrogen) atoms. The number of alkyl halides is 2. The zero-order chi connectivity index (χ0) is 9.90. The van der Waals surface area contributed by atoms with Gasteiger partial charge in [-0.25, -0.2) is 8.78 Å². The van der Waals surface area contributed by atoms with Crippen molar-refractivity contribution in [2.24, 2.45) is 0 Å². The molecule has 0 amide bonds. The molecule has 0 atom stereocenters. The zero-order valence-electron chi connectivity index (χ0n) is 7.42. The van der Waals surface area contributed by atoms with Gasteiger partial charge >= 0.3 is 0 Å². The third-order valence-corrected chi connectivity index (χ3v) is 1.25. The molecular weight excluding hydrogens is 178 g/mol. The minimum Gasteiger partial charge on any atom is -0.470 e. The molecular formula is C8H10F2N2O. The molecule has 0 aliphatic rings. The van der Waals surface area contributed by atoms with Crippen molar-refractivity contribution >= 4 is 0 Å². The van der Waals surface area contributed by atoms with Crippen molar-refractivity contribution in [1.82, 2.24) is 10.2 Å². The van der Waals surface area contributed by atoms with E-state index in [-0.39, 0.29) is 5.88 Å². The van der Waals surface area contributed by atoms with Crippen LogP contribution in [-0.4, -0.2) is 22.7 Å². The Morgan fingerprint density at radius 3 is 2.54 bits per heavy atom. The van der Waals surface area contributed by atoms with Gasteiger partial charge in [-0.1, -0.05) is 0 Å². The normalized spacial score (nSPS) is 11.4. The van der Waals surface area contributed by atoms with Crippen LogP contribution >= 0.6 is 0 Å². The Balaban J connectivity index is 2.51. The van der Waals surface area contributed by atoms with Crippen LogP contribution in [0, 0.1) is 6.92 Å². The second kappa shape index (κ2) is 3.64. The Labute approximate surface area is 74.7 Å². The van der Waals surface area contributed by atoms with Gasteiger partial charge in [0.05, 0.1) is 5.69 Å². The van der Waals surface area contributed by atoms with Crippen molar-refractivity contribution in [3.63, 3.8) is 0 Å². The summed E-state index contributed by atoms with van der Waals surface area (Å²) in [6, 6.07) is 3.16. The molecule has 1 aromatic rings. The molecule has 0 fully saturated rings. The second-order valence-electron chi connectivity index (χ2n) is 2.87. The number of nitrogens with zero attached hydrogens (tertiary/aromatic N) is 2. The van der Waals surface area contributed by atoms with Crippen molar-refractivity contribution in [3.8, 4) is 5.88 Å². The summed E-state index contributed by atoms with van der Waals surface area (Å²) < 4.78 is 29.3. The van der Waals surface area contributed by atoms with Crippen molar-refractivity contribution in [3.05, 3.63) is 17.8 Å². The van der Waals surface area contributed by atoms with E-state index in [1.165, 1.54) is 6.07 Å². The Morgan fingerprint density at radius 1 is 1.38 bits per heavy atom. The molecule has 1 heterocycles. The van der Waals surface area contributed by atoms with Crippen LogP contribution in [0.3, 0.4) is 0 Å². The first-order valence-corrected chi connectivity index (χ1v) is 3.78. The van der Waals surface area contributed by atoms with Crippen LogP contribution in [0.4, 0.5) is 8.78 Å². The predicted octanol–water partition coefficient (Wildman–Crippen LogP) is 1.82. The Kier molecular flexibility index (Phi) is 2.75. The third kappa shape index (κ3) is 3.78. The highest BCUT2D eigenvalue weighted by Crippen LogP contribution is 2.13. The van der Waals surface area contributed by atoms with Gasteiger partial charge in [-0.05, 0) is 13.0 Å². The number of rotatable bonds is 3. The fourth-order valence-corrected chi connectivity index (χ4v) is 0.664. The highest BCUT2D eigenvalue weighted by atomic mass is 19.3. The Hall–Kier alpha value is -1.26. The van der Waals surface area contributed by atoms with Crippen molar-refractivity contribution < 1.29 is 13.5 Å². The maximum Gasteiger partial charge on any atom is 0.278 e. The topological polar surface area (TPSA) is 35.0 Å². The monoisotopic (exact) mass is 188 g/mol. The molecule has 1 rings (SSSR count). The molecule has 0 spiro atoms. The molecule has 5 heteroatoms. The standard InChI is InChI=1S/C8H10F2N2O/c1-6-3-4-7(12-11-6)13-5-8(2,9)10/h3-4H,5H2,1-2H3. The van der Waals surface area contributed by atoms with Crippen molar-refractivity contribution in [2.75, 3.05) is 6.61 Å². The average molecular weight is 188 g/mol. The van der Waals surface area contributed by atoms with Crippen molar-refractivity contribution in [1.29, 1.82) is 0 Å². The predicted molar refractivity (Wildman–Crippen MR) is 42.9 cm³/mol. The molecule has 1 aromatic heterocycles. The summed E-state index contributed by atoms with van der Waals surface area (Å²) in [4.78, 5) is 0. The second-order valence-corrected chi connectivity index (χ2v) is 2.87. The van der Waals surface area contributed by atoms with Gasteiger partial charge in [0.15, 0.2) is 6.61 Å². The quantitative estimate of drug-likeness (QED) is 0.725. The van der Waals surface area contributed by atoms with Gasteiger partial charge in [0, 0.05) is 13.0 Å². The SMILES string of the molecule is Cc1ccc(OCC(C)(F)F)nn1. The van der Waals surface area contributed by atoms with Gasteiger partial charge in [-0.15, -0.1) is 5.10 Å². The largest absolute Gasteiger partial charge is 0.470 e. The third-order valence-electron chi connectivity index (χ3n) is 1.25. The zero-order valence-corrected chi connectivity index (χ0v) is 7.42. The lowest BCUT2D eigenvalue weighted by molar-refractivity contribution is -0.0245. The molecule has 0 radical (unpaired) electrons. The molecule has 0 saturated carbocycles. The first-order chi connectivity index (χ1) is 5.97. The van der Waals surface area contributed by atoms with Crippen LogP contribution < -0.4 is 4.74 Å². The van der Waals surface area contributed by atoms with Gasteiger partial charge < -0.3 is 4.74 Å². The van der Waals surface area contributed by atoms with Crippen LogP contribution in [0.5, 0.6) is 5.88 Å². The van der Waals surface area contributed by atoms with E-state index in [4.69, 9.17) is 4.74 Å². The van der Waals surface area contributed by atoms with Gasteiger partial charge in [-0.2, -0.15) is 5.10 Å². The van der Waals surface area contributed by atoms with Gasteiger partial charge in [0.25, 0.3) is 5.92 Å². The fourth-order valence-electron chi connectivity index (χ4n) is 0.664. The van der Waals surface area contributed by atoms with Gasteiger partial charge in [0.1, 0.15) is 0 Å². The average Bonchev–Trinajstić information content (AvgIpc) is 2.02. The van der Waals surface area contributed by atoms with E-state index in [2.05, 4.69) is 10.2 Å². The number of hydrogen-bond donors (Lipinski definition) is 0. The summed E-state index contributed by atoms with van der Waals surface area (Å²) in [6.07, 6.45) is 0. The Bertz CT molecular complexity index is 268. The molecule has 0 aromatic carbocycles. The van der Waals surface area contributed by atoms with E-state index >= 15 is 0 Å². The molecule has 72 valence electrons. The molecule has 0 aliphatic carbocycles. The number of aryl methyl sites for hydroxylation is 1. The lowest BCUT2D eigenvalue weighted by atomic mass is 10.4. The molecule has 0 aliphatic heterocycles. The first-order valence-electron chi connectivity index (χ1n) is 3.78. The van der Waals surface area contributed by atoms with Crippen LogP contribution in [0.25, 0.3) is 0 Å². The minimum absolute atomic E-state index is 0.118. The Morgan fingerprint density at radius 2 is 2.08 bits per heavy atom. The maximum atomic E-state index is 12.3. The number of ether oxygens (including phenoxy) is 1. The number of halogens is 2. The summed E-state index contributed by atoms with van der Waals surface area (Å²) in [5.41, 5.74) is 0.718. The minimum atomic E-state index is -2.84. The summed E-state index contributed by atoms with van der Waals surface area (Å²) in [6.45, 7) is 1.87. The van der Waals surface area contributed by atoms with Crippen molar-refractivity contribution in [2.45, 2.75) is 19.8 Å². The number of hydrogen-bond acceptors (Lipinski definition) is 3. The first kappa shape index (κ1) is 9.83. The highest BCUT2D eigenvalue weighted by molar-refractivity contribution is 5.10. The van der Waals surface area contributed by atoms with Crippen LogP contribution in [0.15, 0.2) is 12.1 Å². The van der Waals surface area contributed by atoms with Crippen LogP contribution in [-0.2, 0) is 0 Å². The van der Waals surface area contributed by atoms with E-state index in [0.29, 0.717) is 0 Å². The highest BCUT2D eigenvalue weighted by Gasteiger charge is 2.22. The molecule has 0 bridgehead atoms. The molecule has 0 N–H and O–H groups in total. The van der Waals surface area contributed by atoms with Crippen LogP contribution in [0.1, 0.15) is 12.6 Å². The summed E-state index contributed by atoms with van der Waals surface area (Å²) >= 11 is 0. The lowest BCUT2D eigenvalue weighted by Crippen LogP contribution is -2.21. The van der Waals surface area contributed by atoms with E-state index in [1.54, 1.807) is 13.0 Å². The molecule has 3 nitrogen and oxygen atoms in total. The molecule has 0 saturated heterocycles. The summed E-state index contributed by atoms with van der Waals surface area (Å²) in [7, 11) is 0. The smallest absolute Gasteiger partial charge is 0.278 e. The van der Waals surface area contributed by atoms with Gasteiger partial charge in [-0.3, -0.25) is 0 Å².